The van der Waals surface area contributed by atoms with Crippen LogP contribution in [-0.4, -0.2) is 11.6 Å². The number of allylic oxidation sites excluding steroid dienone is 2. The van der Waals surface area contributed by atoms with Gasteiger partial charge in [-0.05, 0) is 37.6 Å². The Morgan fingerprint density at radius 1 is 1.39 bits per heavy atom. The fourth-order valence-corrected chi connectivity index (χ4v) is 1.99. The summed E-state index contributed by atoms with van der Waals surface area (Å²) in [7, 11) is 0. The molecule has 0 atom stereocenters. The molecule has 2 rings (SSSR count). The second-order valence-corrected chi connectivity index (χ2v) is 4.42. The fraction of sp³-hybridized carbons (Fsp3) is 0.143. The van der Waals surface area contributed by atoms with Crippen LogP contribution in [0.25, 0.3) is 6.08 Å². The van der Waals surface area contributed by atoms with E-state index in [-0.39, 0.29) is 22.9 Å². The number of halogens is 1. The van der Waals surface area contributed by atoms with Gasteiger partial charge < -0.3 is 4.74 Å². The molecule has 1 aromatic carbocycles. The van der Waals surface area contributed by atoms with E-state index < -0.39 is 0 Å². The second-order valence-electron chi connectivity index (χ2n) is 3.98. The minimum absolute atomic E-state index is 0.114. The van der Waals surface area contributed by atoms with Gasteiger partial charge in [0.1, 0.15) is 11.3 Å². The van der Waals surface area contributed by atoms with E-state index in [2.05, 4.69) is 0 Å². The summed E-state index contributed by atoms with van der Waals surface area (Å²) >= 11 is 5.85. The van der Waals surface area contributed by atoms with Crippen molar-refractivity contribution in [2.24, 2.45) is 0 Å². The lowest BCUT2D eigenvalue weighted by Gasteiger charge is -1.99. The van der Waals surface area contributed by atoms with Crippen LogP contribution in [0.3, 0.4) is 0 Å². The Morgan fingerprint density at radius 3 is 2.67 bits per heavy atom. The summed E-state index contributed by atoms with van der Waals surface area (Å²) in [6.07, 6.45) is 1.58. The number of hydrogen-bond acceptors (Lipinski definition) is 3. The van der Waals surface area contributed by atoms with Gasteiger partial charge >= 0.3 is 0 Å². The molecule has 0 amide bonds. The van der Waals surface area contributed by atoms with Crippen LogP contribution in [-0.2, 0) is 14.3 Å². The highest BCUT2D eigenvalue weighted by Gasteiger charge is 2.30. The van der Waals surface area contributed by atoms with Gasteiger partial charge in [0, 0.05) is 5.02 Å². The van der Waals surface area contributed by atoms with Gasteiger partial charge in [-0.3, -0.25) is 9.59 Å². The molecule has 0 aliphatic carbocycles. The normalized spacial score (nSPS) is 17.3. The van der Waals surface area contributed by atoms with E-state index in [1.54, 1.807) is 37.3 Å². The molecule has 1 aliphatic rings. The third-order valence-corrected chi connectivity index (χ3v) is 2.80. The molecular formula is C14H11ClO3. The van der Waals surface area contributed by atoms with Gasteiger partial charge in [0.2, 0.25) is 5.78 Å². The molecule has 0 bridgehead atoms. The summed E-state index contributed by atoms with van der Waals surface area (Å²) in [6, 6.07) is 7.04. The van der Waals surface area contributed by atoms with Crippen molar-refractivity contribution in [2.75, 3.05) is 0 Å². The molecule has 0 saturated carbocycles. The van der Waals surface area contributed by atoms with Crippen molar-refractivity contribution >= 4 is 29.2 Å². The van der Waals surface area contributed by atoms with Gasteiger partial charge in [0.25, 0.3) is 0 Å². The topological polar surface area (TPSA) is 43.4 Å². The number of ketones is 2. The van der Waals surface area contributed by atoms with Crippen molar-refractivity contribution in [3.8, 4) is 0 Å². The first-order valence-corrected chi connectivity index (χ1v) is 5.78. The lowest BCUT2D eigenvalue weighted by Crippen LogP contribution is -2.07. The molecule has 0 fully saturated rings. The van der Waals surface area contributed by atoms with Crippen LogP contribution in [0.2, 0.25) is 5.02 Å². The maximum absolute atomic E-state index is 11.9. The van der Waals surface area contributed by atoms with Gasteiger partial charge in [-0.1, -0.05) is 23.7 Å². The molecule has 0 spiro atoms. The van der Waals surface area contributed by atoms with Crippen LogP contribution in [0.5, 0.6) is 0 Å². The zero-order valence-electron chi connectivity index (χ0n) is 9.99. The highest BCUT2D eigenvalue weighted by atomic mass is 35.5. The van der Waals surface area contributed by atoms with Crippen molar-refractivity contribution in [1.82, 2.24) is 0 Å². The maximum Gasteiger partial charge on any atom is 0.235 e. The van der Waals surface area contributed by atoms with Gasteiger partial charge in [-0.15, -0.1) is 0 Å². The number of Topliss-reactive ketones (excluding diaryl/α,β-unsaturated/α-hetero) is 2. The maximum atomic E-state index is 11.9. The largest absolute Gasteiger partial charge is 0.457 e. The third-order valence-electron chi connectivity index (χ3n) is 2.56. The number of rotatable bonds is 2. The molecule has 1 aliphatic heterocycles. The van der Waals surface area contributed by atoms with Crippen LogP contribution in [0.15, 0.2) is 41.4 Å². The van der Waals surface area contributed by atoms with Crippen molar-refractivity contribution in [3.05, 3.63) is 51.9 Å². The molecule has 0 unspecified atom stereocenters. The monoisotopic (exact) mass is 262 g/mol. The van der Waals surface area contributed by atoms with Crippen molar-refractivity contribution in [1.29, 1.82) is 0 Å². The Hall–Kier alpha value is -1.87. The summed E-state index contributed by atoms with van der Waals surface area (Å²) in [4.78, 5) is 23.3. The van der Waals surface area contributed by atoms with Crippen LogP contribution in [0, 0.1) is 0 Å². The zero-order chi connectivity index (χ0) is 13.3. The number of hydrogen-bond donors (Lipinski definition) is 0. The van der Waals surface area contributed by atoms with Crippen LogP contribution >= 0.6 is 11.6 Å². The lowest BCUT2D eigenvalue weighted by atomic mass is 10.1. The fourth-order valence-electron chi connectivity index (χ4n) is 1.80. The molecule has 1 aromatic rings. The van der Waals surface area contributed by atoms with Crippen LogP contribution in [0.4, 0.5) is 0 Å². The molecule has 3 nitrogen and oxygen atoms in total. The summed E-state index contributed by atoms with van der Waals surface area (Å²) in [5, 5.41) is 0.575. The second kappa shape index (κ2) is 4.78. The molecule has 18 heavy (non-hydrogen) atoms. The number of carbonyl (C=O) groups excluding carboxylic acids is 2. The Bertz CT molecular complexity index is 597. The van der Waals surface area contributed by atoms with Gasteiger partial charge in [0.15, 0.2) is 11.5 Å². The lowest BCUT2D eigenvalue weighted by molar-refractivity contribution is -0.118. The highest BCUT2D eigenvalue weighted by molar-refractivity contribution is 6.31. The van der Waals surface area contributed by atoms with Gasteiger partial charge in [0.05, 0.1) is 0 Å². The minimum Gasteiger partial charge on any atom is -0.457 e. The summed E-state index contributed by atoms with van der Waals surface area (Å²) in [6.45, 7) is 2.95. The van der Waals surface area contributed by atoms with E-state index in [1.807, 2.05) is 0 Å². The van der Waals surface area contributed by atoms with Crippen molar-refractivity contribution < 1.29 is 14.3 Å². The Balaban J connectivity index is 2.34. The summed E-state index contributed by atoms with van der Waals surface area (Å²) in [5.74, 6) is -0.160. The smallest absolute Gasteiger partial charge is 0.235 e. The summed E-state index contributed by atoms with van der Waals surface area (Å²) in [5.41, 5.74) is 0.867. The first kappa shape index (κ1) is 12.6. The SMILES string of the molecule is CC(=O)C1=C(C)OC(=Cc2cccc(Cl)c2)C1=O. The number of ether oxygens (including phenoxy) is 1. The molecule has 1 heterocycles. The predicted octanol–water partition coefficient (Wildman–Crippen LogP) is 3.14. The van der Waals surface area contributed by atoms with Gasteiger partial charge in [-0.2, -0.15) is 0 Å². The Morgan fingerprint density at radius 2 is 2.11 bits per heavy atom. The first-order valence-electron chi connectivity index (χ1n) is 5.40. The molecule has 0 N–H and O–H groups in total. The Labute approximate surface area is 110 Å². The van der Waals surface area contributed by atoms with Crippen molar-refractivity contribution in [3.63, 3.8) is 0 Å². The average Bonchev–Trinajstić information content (AvgIpc) is 2.54. The quantitative estimate of drug-likeness (QED) is 0.607. The highest BCUT2D eigenvalue weighted by Crippen LogP contribution is 2.27. The number of carbonyl (C=O) groups is 2. The van der Waals surface area contributed by atoms with E-state index in [9.17, 15) is 9.59 Å². The predicted molar refractivity (Wildman–Crippen MR) is 68.9 cm³/mol. The third kappa shape index (κ3) is 2.36. The molecule has 4 heteroatoms. The number of benzene rings is 1. The average molecular weight is 263 g/mol. The molecule has 92 valence electrons. The standard InChI is InChI=1S/C14H11ClO3/c1-8(16)13-9(2)18-12(14(13)17)7-10-4-3-5-11(15)6-10/h3-7H,1-2H3. The first-order chi connectivity index (χ1) is 8.49. The minimum atomic E-state index is -0.375. The van der Waals surface area contributed by atoms with E-state index in [1.165, 1.54) is 6.92 Å². The van der Waals surface area contributed by atoms with Crippen LogP contribution in [0.1, 0.15) is 19.4 Å². The van der Waals surface area contributed by atoms with E-state index >= 15 is 0 Å². The molecule has 0 radical (unpaired) electrons. The van der Waals surface area contributed by atoms with Crippen LogP contribution < -0.4 is 0 Å². The molecule has 0 aromatic heterocycles. The Kier molecular flexibility index (Phi) is 3.34. The van der Waals surface area contributed by atoms with E-state index in [4.69, 9.17) is 16.3 Å². The van der Waals surface area contributed by atoms with E-state index in [0.29, 0.717) is 10.8 Å². The zero-order valence-corrected chi connectivity index (χ0v) is 10.7. The van der Waals surface area contributed by atoms with Gasteiger partial charge in [-0.25, -0.2) is 0 Å². The summed E-state index contributed by atoms with van der Waals surface area (Å²) < 4.78 is 5.32. The van der Waals surface area contributed by atoms with E-state index in [0.717, 1.165) is 5.56 Å². The molecule has 0 saturated heterocycles. The molecular weight excluding hydrogens is 252 g/mol. The van der Waals surface area contributed by atoms with Crippen molar-refractivity contribution in [2.45, 2.75) is 13.8 Å².